The summed E-state index contributed by atoms with van der Waals surface area (Å²) in [5.41, 5.74) is 6.97. The fourth-order valence-electron chi connectivity index (χ4n) is 1.28. The van der Waals surface area contributed by atoms with Crippen LogP contribution in [0.3, 0.4) is 0 Å². The lowest BCUT2D eigenvalue weighted by Crippen LogP contribution is -2.40. The van der Waals surface area contributed by atoms with Gasteiger partial charge in [0.05, 0.1) is 0 Å². The summed E-state index contributed by atoms with van der Waals surface area (Å²) in [7, 11) is 0. The zero-order valence-corrected chi connectivity index (χ0v) is 9.12. The van der Waals surface area contributed by atoms with Crippen molar-refractivity contribution < 1.29 is 0 Å². The first-order valence-corrected chi connectivity index (χ1v) is 4.90. The second kappa shape index (κ2) is 4.42. The Morgan fingerprint density at radius 1 is 1.36 bits per heavy atom. The molecule has 1 rings (SSSR count). The second-order valence-electron chi connectivity index (χ2n) is 4.53. The van der Waals surface area contributed by atoms with E-state index in [1.54, 1.807) is 12.4 Å². The van der Waals surface area contributed by atoms with Crippen LogP contribution < -0.4 is 11.1 Å². The van der Waals surface area contributed by atoms with Gasteiger partial charge in [-0.15, -0.1) is 0 Å². The van der Waals surface area contributed by atoms with Gasteiger partial charge in [-0.2, -0.15) is 0 Å². The molecule has 0 bridgehead atoms. The molecule has 1 aromatic heterocycles. The van der Waals surface area contributed by atoms with Gasteiger partial charge in [-0.3, -0.25) is 4.98 Å². The average Bonchev–Trinajstić information content (AvgIpc) is 2.14. The Morgan fingerprint density at radius 3 is 2.36 bits per heavy atom. The predicted molar refractivity (Wildman–Crippen MR) is 60.2 cm³/mol. The number of aromatic nitrogens is 1. The Morgan fingerprint density at radius 2 is 1.93 bits per heavy atom. The van der Waals surface area contributed by atoms with Crippen molar-refractivity contribution in [2.75, 3.05) is 11.9 Å². The summed E-state index contributed by atoms with van der Waals surface area (Å²) in [5.74, 6) is 0. The second-order valence-corrected chi connectivity index (χ2v) is 4.53. The molecular formula is C11H19N3. The summed E-state index contributed by atoms with van der Waals surface area (Å²) >= 11 is 0. The zero-order valence-electron chi connectivity index (χ0n) is 9.12. The summed E-state index contributed by atoms with van der Waals surface area (Å²) < 4.78 is 0. The van der Waals surface area contributed by atoms with Gasteiger partial charge in [-0.1, -0.05) is 20.8 Å². The maximum Gasteiger partial charge on any atom is 0.0432 e. The molecule has 0 aliphatic carbocycles. The minimum atomic E-state index is 0.165. The third-order valence-electron chi connectivity index (χ3n) is 2.30. The largest absolute Gasteiger partial charge is 0.380 e. The lowest BCUT2D eigenvalue weighted by Gasteiger charge is -2.31. The highest BCUT2D eigenvalue weighted by molar-refractivity contribution is 5.42. The number of nitrogens with one attached hydrogen (secondary N) is 1. The van der Waals surface area contributed by atoms with Crippen LogP contribution in [-0.2, 0) is 0 Å². The van der Waals surface area contributed by atoms with Crippen LogP contribution in [0.25, 0.3) is 0 Å². The first-order chi connectivity index (χ1) is 6.54. The van der Waals surface area contributed by atoms with Gasteiger partial charge in [0.1, 0.15) is 0 Å². The topological polar surface area (TPSA) is 50.9 Å². The van der Waals surface area contributed by atoms with E-state index in [1.807, 2.05) is 12.1 Å². The molecule has 0 radical (unpaired) electrons. The van der Waals surface area contributed by atoms with E-state index in [0.717, 1.165) is 5.69 Å². The van der Waals surface area contributed by atoms with Crippen LogP contribution in [0.2, 0.25) is 0 Å². The number of nitrogens with zero attached hydrogens (tertiary/aromatic N) is 1. The van der Waals surface area contributed by atoms with E-state index in [1.165, 1.54) is 0 Å². The molecule has 0 saturated heterocycles. The molecule has 1 atom stereocenters. The number of anilines is 1. The van der Waals surface area contributed by atoms with Gasteiger partial charge in [-0.25, -0.2) is 0 Å². The monoisotopic (exact) mass is 193 g/mol. The lowest BCUT2D eigenvalue weighted by atomic mass is 9.86. The predicted octanol–water partition coefficient (Wildman–Crippen LogP) is 1.87. The average molecular weight is 193 g/mol. The first-order valence-electron chi connectivity index (χ1n) is 4.90. The molecule has 0 amide bonds. The molecule has 14 heavy (non-hydrogen) atoms. The third kappa shape index (κ3) is 3.00. The van der Waals surface area contributed by atoms with Crippen molar-refractivity contribution in [3.05, 3.63) is 24.5 Å². The number of pyridine rings is 1. The summed E-state index contributed by atoms with van der Waals surface area (Å²) in [5, 5.41) is 3.40. The summed E-state index contributed by atoms with van der Waals surface area (Å²) in [6.45, 7) is 7.17. The summed E-state index contributed by atoms with van der Waals surface area (Å²) in [6, 6.07) is 4.19. The molecule has 0 aliphatic heterocycles. The molecule has 0 aliphatic rings. The molecule has 0 saturated carbocycles. The van der Waals surface area contributed by atoms with Crippen molar-refractivity contribution in [1.82, 2.24) is 4.98 Å². The maximum atomic E-state index is 5.73. The fraction of sp³-hybridized carbons (Fsp3) is 0.545. The van der Waals surface area contributed by atoms with Gasteiger partial charge in [0.2, 0.25) is 0 Å². The van der Waals surface area contributed by atoms with Gasteiger partial charge in [0.25, 0.3) is 0 Å². The highest BCUT2D eigenvalue weighted by Gasteiger charge is 2.22. The molecule has 1 aromatic rings. The van der Waals surface area contributed by atoms with Crippen molar-refractivity contribution in [1.29, 1.82) is 0 Å². The van der Waals surface area contributed by atoms with Crippen LogP contribution >= 0.6 is 0 Å². The normalized spacial score (nSPS) is 13.7. The highest BCUT2D eigenvalue weighted by Crippen LogP contribution is 2.21. The molecule has 3 nitrogen and oxygen atoms in total. The molecule has 1 unspecified atom stereocenters. The molecule has 0 fully saturated rings. The zero-order chi connectivity index (χ0) is 10.6. The SMILES string of the molecule is CC(C)(C)C(CN)Nc1ccncc1. The molecular weight excluding hydrogens is 174 g/mol. The molecule has 3 N–H and O–H groups in total. The Hall–Kier alpha value is -1.09. The van der Waals surface area contributed by atoms with E-state index in [-0.39, 0.29) is 11.5 Å². The lowest BCUT2D eigenvalue weighted by molar-refractivity contribution is 0.346. The van der Waals surface area contributed by atoms with Gasteiger partial charge in [0.15, 0.2) is 0 Å². The Bertz CT molecular complexity index is 264. The van der Waals surface area contributed by atoms with Gasteiger partial charge >= 0.3 is 0 Å². The number of hydrogen-bond donors (Lipinski definition) is 2. The van der Waals surface area contributed by atoms with Crippen molar-refractivity contribution >= 4 is 5.69 Å². The van der Waals surface area contributed by atoms with Crippen molar-refractivity contribution in [2.45, 2.75) is 26.8 Å². The van der Waals surface area contributed by atoms with Gasteiger partial charge in [-0.05, 0) is 17.5 Å². The Balaban J connectivity index is 2.67. The third-order valence-corrected chi connectivity index (χ3v) is 2.30. The van der Waals surface area contributed by atoms with Crippen LogP contribution in [0.15, 0.2) is 24.5 Å². The minimum absolute atomic E-state index is 0.165. The van der Waals surface area contributed by atoms with Crippen LogP contribution in [-0.4, -0.2) is 17.6 Å². The smallest absolute Gasteiger partial charge is 0.0432 e. The van der Waals surface area contributed by atoms with Crippen LogP contribution in [0.1, 0.15) is 20.8 Å². The van der Waals surface area contributed by atoms with E-state index >= 15 is 0 Å². The summed E-state index contributed by atoms with van der Waals surface area (Å²) in [6.07, 6.45) is 3.55. The van der Waals surface area contributed by atoms with Gasteiger partial charge < -0.3 is 11.1 Å². The van der Waals surface area contributed by atoms with E-state index in [9.17, 15) is 0 Å². The summed E-state index contributed by atoms with van der Waals surface area (Å²) in [4.78, 5) is 3.97. The molecule has 1 heterocycles. The molecule has 0 aromatic carbocycles. The highest BCUT2D eigenvalue weighted by atomic mass is 15.0. The standard InChI is InChI=1S/C11H19N3/c1-11(2,3)10(8-12)14-9-4-6-13-7-5-9/h4-7,10H,8,12H2,1-3H3,(H,13,14). The van der Waals surface area contributed by atoms with E-state index in [4.69, 9.17) is 5.73 Å². The molecule has 78 valence electrons. The van der Waals surface area contributed by atoms with Crippen molar-refractivity contribution in [3.63, 3.8) is 0 Å². The minimum Gasteiger partial charge on any atom is -0.380 e. The first kappa shape index (κ1) is 11.0. The maximum absolute atomic E-state index is 5.73. The number of rotatable bonds is 3. The van der Waals surface area contributed by atoms with Crippen LogP contribution in [0.4, 0.5) is 5.69 Å². The van der Waals surface area contributed by atoms with Gasteiger partial charge in [0, 0.05) is 30.7 Å². The Labute approximate surface area is 85.7 Å². The molecule has 0 spiro atoms. The fourth-order valence-corrected chi connectivity index (χ4v) is 1.28. The van der Waals surface area contributed by atoms with E-state index in [2.05, 4.69) is 31.1 Å². The Kier molecular flexibility index (Phi) is 3.47. The van der Waals surface area contributed by atoms with Crippen molar-refractivity contribution in [2.24, 2.45) is 11.1 Å². The van der Waals surface area contributed by atoms with E-state index in [0.29, 0.717) is 6.54 Å². The van der Waals surface area contributed by atoms with Crippen LogP contribution in [0.5, 0.6) is 0 Å². The molecule has 3 heteroatoms. The van der Waals surface area contributed by atoms with E-state index < -0.39 is 0 Å². The van der Waals surface area contributed by atoms with Crippen LogP contribution in [0, 0.1) is 5.41 Å². The number of hydrogen-bond acceptors (Lipinski definition) is 3. The quantitative estimate of drug-likeness (QED) is 0.770. The number of nitrogens with two attached hydrogens (primary N) is 1. The van der Waals surface area contributed by atoms with Crippen molar-refractivity contribution in [3.8, 4) is 0 Å².